The Bertz CT molecular complexity index is 754. The molecule has 2 aromatic rings. The minimum atomic E-state index is -0.489. The van der Waals surface area contributed by atoms with Gasteiger partial charge in [-0.2, -0.15) is 0 Å². The minimum absolute atomic E-state index is 0.0126. The molecule has 1 spiro atoms. The van der Waals surface area contributed by atoms with Crippen molar-refractivity contribution in [2.24, 2.45) is 0 Å². The van der Waals surface area contributed by atoms with E-state index in [4.69, 9.17) is 14.0 Å². The predicted molar refractivity (Wildman–Crippen MR) is 83.6 cm³/mol. The van der Waals surface area contributed by atoms with Crippen LogP contribution in [0.5, 0.6) is 5.88 Å². The molecular weight excluding hydrogens is 329 g/mol. The van der Waals surface area contributed by atoms with Gasteiger partial charge in [0.05, 0.1) is 30.5 Å². The van der Waals surface area contributed by atoms with Gasteiger partial charge in [0.2, 0.25) is 0 Å². The molecule has 2 atom stereocenters. The van der Waals surface area contributed by atoms with E-state index in [1.54, 1.807) is 4.90 Å². The van der Waals surface area contributed by atoms with Crippen LogP contribution in [0.4, 0.5) is 4.39 Å². The molecule has 2 fully saturated rings. The lowest BCUT2D eigenvalue weighted by molar-refractivity contribution is -0.0454. The highest BCUT2D eigenvalue weighted by molar-refractivity contribution is 5.93. The van der Waals surface area contributed by atoms with Gasteiger partial charge in [-0.15, -0.1) is 0 Å². The summed E-state index contributed by atoms with van der Waals surface area (Å²) < 4.78 is 30.1. The molecule has 2 aliphatic heterocycles. The zero-order chi connectivity index (χ0) is 17.3. The van der Waals surface area contributed by atoms with Crippen LogP contribution in [-0.2, 0) is 4.74 Å². The van der Waals surface area contributed by atoms with Crippen molar-refractivity contribution in [1.29, 1.82) is 0 Å². The van der Waals surface area contributed by atoms with E-state index in [9.17, 15) is 9.18 Å². The summed E-state index contributed by atoms with van der Waals surface area (Å²) in [6.45, 7) is 1.49. The predicted octanol–water partition coefficient (Wildman–Crippen LogP) is 2.05. The number of nitrogens with zero attached hydrogens (tertiary/aromatic N) is 3. The number of hydrogen-bond acceptors (Lipinski definition) is 6. The summed E-state index contributed by atoms with van der Waals surface area (Å²) >= 11 is 0. The first kappa shape index (κ1) is 16.0. The van der Waals surface area contributed by atoms with Crippen molar-refractivity contribution < 1.29 is 23.2 Å². The third kappa shape index (κ3) is 3.21. The highest BCUT2D eigenvalue weighted by atomic mass is 19.1. The zero-order valence-corrected chi connectivity index (χ0v) is 13.6. The van der Waals surface area contributed by atoms with Crippen LogP contribution in [0.15, 0.2) is 35.3 Å². The van der Waals surface area contributed by atoms with Gasteiger partial charge in [0.15, 0.2) is 5.82 Å². The minimum Gasteiger partial charge on any atom is -0.470 e. The molecular formula is C17H18FN3O4. The van der Waals surface area contributed by atoms with Crippen LogP contribution in [0.1, 0.15) is 29.6 Å². The number of halogens is 1. The maximum Gasteiger partial charge on any atom is 0.258 e. The van der Waals surface area contributed by atoms with Gasteiger partial charge in [-0.3, -0.25) is 4.79 Å². The van der Waals surface area contributed by atoms with Crippen LogP contribution >= 0.6 is 0 Å². The van der Waals surface area contributed by atoms with E-state index in [2.05, 4.69) is 10.1 Å². The second-order valence-corrected chi connectivity index (χ2v) is 6.47. The molecule has 4 heterocycles. The quantitative estimate of drug-likeness (QED) is 0.846. The third-order valence-electron chi connectivity index (χ3n) is 4.68. The van der Waals surface area contributed by atoms with Crippen LogP contribution in [0.3, 0.4) is 0 Å². The first-order valence-electron chi connectivity index (χ1n) is 8.25. The number of hydrogen-bond donors (Lipinski definition) is 0. The molecule has 25 heavy (non-hydrogen) atoms. The molecule has 132 valence electrons. The Kier molecular flexibility index (Phi) is 4.12. The Morgan fingerprint density at radius 1 is 1.48 bits per heavy atom. The van der Waals surface area contributed by atoms with Gasteiger partial charge in [0.25, 0.3) is 11.8 Å². The maximum atomic E-state index is 13.7. The number of piperidine rings is 1. The van der Waals surface area contributed by atoms with Crippen molar-refractivity contribution in [3.63, 3.8) is 0 Å². The molecule has 2 aliphatic rings. The van der Waals surface area contributed by atoms with Crippen molar-refractivity contribution in [1.82, 2.24) is 15.0 Å². The molecule has 0 saturated carbocycles. The topological polar surface area (TPSA) is 77.7 Å². The van der Waals surface area contributed by atoms with Gasteiger partial charge < -0.3 is 18.9 Å². The average molecular weight is 347 g/mol. The standard InChI is InChI=1S/C17H18FN3O4/c18-14-3-1-5-19-15(14)25-13-7-17(23-10-13)4-2-6-21(11-17)16(22)12-8-20-24-9-12/h1,3,5,8-9,13H,2,4,6-7,10-11H2/t13-,17+/m1/s1. The molecule has 7 nitrogen and oxygen atoms in total. The summed E-state index contributed by atoms with van der Waals surface area (Å²) in [4.78, 5) is 18.2. The molecule has 1 amide bonds. The summed E-state index contributed by atoms with van der Waals surface area (Å²) in [5.41, 5.74) is -0.0283. The fourth-order valence-electron chi connectivity index (χ4n) is 3.54. The van der Waals surface area contributed by atoms with E-state index < -0.39 is 11.4 Å². The molecule has 0 N–H and O–H groups in total. The van der Waals surface area contributed by atoms with Gasteiger partial charge in [-0.25, -0.2) is 9.37 Å². The number of amides is 1. The van der Waals surface area contributed by atoms with Crippen LogP contribution in [0.25, 0.3) is 0 Å². The zero-order valence-electron chi connectivity index (χ0n) is 13.6. The first-order valence-corrected chi connectivity index (χ1v) is 8.25. The Morgan fingerprint density at radius 2 is 2.40 bits per heavy atom. The van der Waals surface area contributed by atoms with E-state index in [1.807, 2.05) is 0 Å². The summed E-state index contributed by atoms with van der Waals surface area (Å²) in [5.74, 6) is -0.623. The van der Waals surface area contributed by atoms with Crippen molar-refractivity contribution in [2.45, 2.75) is 31.0 Å². The van der Waals surface area contributed by atoms with Crippen molar-refractivity contribution in [3.8, 4) is 5.88 Å². The second kappa shape index (κ2) is 6.44. The maximum absolute atomic E-state index is 13.7. The number of rotatable bonds is 3. The van der Waals surface area contributed by atoms with Crippen LogP contribution < -0.4 is 4.74 Å². The van der Waals surface area contributed by atoms with Crippen LogP contribution in [0.2, 0.25) is 0 Å². The number of pyridine rings is 1. The lowest BCUT2D eigenvalue weighted by Crippen LogP contribution is -2.50. The largest absolute Gasteiger partial charge is 0.470 e. The molecule has 2 aromatic heterocycles. The summed E-state index contributed by atoms with van der Waals surface area (Å²) in [5, 5.41) is 3.58. The molecule has 0 aromatic carbocycles. The Morgan fingerprint density at radius 3 is 3.20 bits per heavy atom. The molecule has 0 bridgehead atoms. The normalized spacial score (nSPS) is 26.1. The number of aromatic nitrogens is 2. The van der Waals surface area contributed by atoms with E-state index in [1.165, 1.54) is 30.8 Å². The molecule has 4 rings (SSSR count). The average Bonchev–Trinajstić information content (AvgIpc) is 3.27. The number of ether oxygens (including phenoxy) is 2. The van der Waals surface area contributed by atoms with E-state index >= 15 is 0 Å². The molecule has 2 saturated heterocycles. The van der Waals surface area contributed by atoms with Gasteiger partial charge in [0, 0.05) is 19.2 Å². The van der Waals surface area contributed by atoms with Gasteiger partial charge in [-0.05, 0) is 25.0 Å². The fraction of sp³-hybridized carbons (Fsp3) is 0.471. The van der Waals surface area contributed by atoms with E-state index in [0.717, 1.165) is 12.8 Å². The summed E-state index contributed by atoms with van der Waals surface area (Å²) in [6, 6.07) is 2.83. The lowest BCUT2D eigenvalue weighted by atomic mass is 9.89. The Hall–Kier alpha value is -2.48. The molecule has 8 heteroatoms. The van der Waals surface area contributed by atoms with E-state index in [0.29, 0.717) is 31.7 Å². The lowest BCUT2D eigenvalue weighted by Gasteiger charge is -2.39. The van der Waals surface area contributed by atoms with Gasteiger partial charge >= 0.3 is 0 Å². The smallest absolute Gasteiger partial charge is 0.258 e. The SMILES string of the molecule is O=C(c1cnoc1)N1CCC[C@]2(C[C@@H](Oc3ncccc3F)CO2)C1. The highest BCUT2D eigenvalue weighted by Crippen LogP contribution is 2.36. The van der Waals surface area contributed by atoms with E-state index in [-0.39, 0.29) is 17.9 Å². The highest BCUT2D eigenvalue weighted by Gasteiger charge is 2.45. The van der Waals surface area contributed by atoms with Crippen molar-refractivity contribution >= 4 is 5.91 Å². The van der Waals surface area contributed by atoms with Crippen LogP contribution in [-0.4, -0.2) is 52.3 Å². The van der Waals surface area contributed by atoms with Gasteiger partial charge in [0.1, 0.15) is 12.4 Å². The second-order valence-electron chi connectivity index (χ2n) is 6.47. The Labute approximate surface area is 143 Å². The van der Waals surface area contributed by atoms with Gasteiger partial charge in [-0.1, -0.05) is 5.16 Å². The first-order chi connectivity index (χ1) is 12.2. The number of likely N-dealkylation sites (tertiary alicyclic amines) is 1. The molecule has 0 unspecified atom stereocenters. The monoisotopic (exact) mass is 347 g/mol. The summed E-state index contributed by atoms with van der Waals surface area (Å²) in [6.07, 6.45) is 6.23. The number of carbonyl (C=O) groups excluding carboxylic acids is 1. The van der Waals surface area contributed by atoms with Crippen molar-refractivity contribution in [2.75, 3.05) is 19.7 Å². The molecule has 0 aliphatic carbocycles. The van der Waals surface area contributed by atoms with Crippen LogP contribution in [0, 0.1) is 5.82 Å². The third-order valence-corrected chi connectivity index (χ3v) is 4.68. The Balaban J connectivity index is 1.42. The summed E-state index contributed by atoms with van der Waals surface area (Å²) in [7, 11) is 0. The fourth-order valence-corrected chi connectivity index (χ4v) is 3.54. The molecule has 0 radical (unpaired) electrons. The number of carbonyl (C=O) groups is 1. The van der Waals surface area contributed by atoms with Crippen molar-refractivity contribution in [3.05, 3.63) is 42.2 Å².